The number of rotatable bonds is 5. The molecule has 0 bridgehead atoms. The fourth-order valence-corrected chi connectivity index (χ4v) is 3.56. The van der Waals surface area contributed by atoms with Crippen molar-refractivity contribution in [1.82, 2.24) is 29.7 Å². The van der Waals surface area contributed by atoms with Gasteiger partial charge in [-0.15, -0.1) is 0 Å². The number of hydrogen-bond donors (Lipinski definition) is 2. The van der Waals surface area contributed by atoms with Crippen molar-refractivity contribution in [3.63, 3.8) is 0 Å². The summed E-state index contributed by atoms with van der Waals surface area (Å²) in [6, 6.07) is 13.6. The molecule has 0 aliphatic carbocycles. The maximum absolute atomic E-state index is 13.3. The average Bonchev–Trinajstić information content (AvgIpc) is 3.26. The molecule has 1 aromatic carbocycles. The molecule has 0 spiro atoms. The Morgan fingerprint density at radius 2 is 1.90 bits per heavy atom. The van der Waals surface area contributed by atoms with Gasteiger partial charge in [0.1, 0.15) is 0 Å². The van der Waals surface area contributed by atoms with Crippen LogP contribution in [0.5, 0.6) is 0 Å². The number of nitrogens with zero attached hydrogens (tertiary/aromatic N) is 5. The number of nitrogens with one attached hydrogen (secondary N) is 2. The first-order chi connectivity index (χ1) is 14.7. The third-order valence-electron chi connectivity index (χ3n) is 5.07. The topological polar surface area (TPSA) is 101 Å². The van der Waals surface area contributed by atoms with Crippen LogP contribution in [0.25, 0.3) is 27.6 Å². The van der Waals surface area contributed by atoms with Crippen LogP contribution in [0.4, 0.5) is 5.95 Å². The molecule has 8 nitrogen and oxygen atoms in total. The van der Waals surface area contributed by atoms with E-state index in [1.165, 1.54) is 0 Å². The van der Waals surface area contributed by atoms with E-state index in [1.807, 2.05) is 49.4 Å². The van der Waals surface area contributed by atoms with Gasteiger partial charge in [0.25, 0.3) is 5.56 Å². The molecular formula is C22H19N7O. The van der Waals surface area contributed by atoms with Crippen molar-refractivity contribution in [2.75, 3.05) is 11.9 Å². The van der Waals surface area contributed by atoms with E-state index in [9.17, 15) is 4.79 Å². The van der Waals surface area contributed by atoms with E-state index in [4.69, 9.17) is 0 Å². The number of benzene rings is 1. The number of para-hydroxylation sites is 1. The van der Waals surface area contributed by atoms with Gasteiger partial charge in [-0.05, 0) is 30.7 Å². The van der Waals surface area contributed by atoms with Gasteiger partial charge in [-0.25, -0.2) is 4.98 Å². The smallest absolute Gasteiger partial charge is 0.267 e. The van der Waals surface area contributed by atoms with Crippen LogP contribution in [-0.2, 0) is 6.42 Å². The Morgan fingerprint density at radius 3 is 2.73 bits per heavy atom. The van der Waals surface area contributed by atoms with Gasteiger partial charge in [0.05, 0.1) is 28.2 Å². The van der Waals surface area contributed by atoms with Crippen LogP contribution in [0, 0.1) is 6.92 Å². The van der Waals surface area contributed by atoms with Gasteiger partial charge in [-0.3, -0.25) is 19.4 Å². The minimum atomic E-state index is -0.168. The van der Waals surface area contributed by atoms with Crippen molar-refractivity contribution in [2.24, 2.45) is 0 Å². The summed E-state index contributed by atoms with van der Waals surface area (Å²) >= 11 is 0. The molecule has 30 heavy (non-hydrogen) atoms. The number of aromatic nitrogens is 6. The third kappa shape index (κ3) is 3.08. The van der Waals surface area contributed by atoms with Crippen LogP contribution < -0.4 is 10.9 Å². The molecule has 2 N–H and O–H groups in total. The second-order valence-corrected chi connectivity index (χ2v) is 7.01. The monoisotopic (exact) mass is 397 g/mol. The van der Waals surface area contributed by atoms with Crippen LogP contribution in [0.3, 0.4) is 0 Å². The molecule has 5 aromatic rings. The van der Waals surface area contributed by atoms with Gasteiger partial charge in [0.15, 0.2) is 5.65 Å². The van der Waals surface area contributed by atoms with E-state index in [0.717, 1.165) is 28.8 Å². The van der Waals surface area contributed by atoms with E-state index in [0.29, 0.717) is 29.0 Å². The molecule has 0 aliphatic rings. The summed E-state index contributed by atoms with van der Waals surface area (Å²) in [5, 5.41) is 11.4. The fraction of sp³-hybridized carbons (Fsp3) is 0.136. The lowest BCUT2D eigenvalue weighted by molar-refractivity contribution is 0.938. The summed E-state index contributed by atoms with van der Waals surface area (Å²) < 4.78 is 1.63. The van der Waals surface area contributed by atoms with Gasteiger partial charge in [-0.1, -0.05) is 24.3 Å². The highest BCUT2D eigenvalue weighted by atomic mass is 16.1. The zero-order valence-electron chi connectivity index (χ0n) is 16.3. The second kappa shape index (κ2) is 7.40. The summed E-state index contributed by atoms with van der Waals surface area (Å²) in [5.41, 5.74) is 3.75. The molecule has 0 aliphatic heterocycles. The molecule has 0 radical (unpaired) electrons. The number of pyridine rings is 2. The number of aromatic amines is 1. The van der Waals surface area contributed by atoms with Crippen LogP contribution in [0.1, 0.15) is 11.3 Å². The highest BCUT2D eigenvalue weighted by Crippen LogP contribution is 2.23. The number of anilines is 1. The van der Waals surface area contributed by atoms with Crippen molar-refractivity contribution in [3.8, 4) is 5.69 Å². The molecule has 0 atom stereocenters. The van der Waals surface area contributed by atoms with E-state index < -0.39 is 0 Å². The molecule has 4 aromatic heterocycles. The van der Waals surface area contributed by atoms with Crippen molar-refractivity contribution in [1.29, 1.82) is 0 Å². The Bertz CT molecular complexity index is 1410. The highest BCUT2D eigenvalue weighted by Gasteiger charge is 2.17. The molecule has 0 saturated carbocycles. The van der Waals surface area contributed by atoms with Crippen LogP contribution in [0.2, 0.25) is 0 Å². The first-order valence-electron chi connectivity index (χ1n) is 9.67. The fourth-order valence-electron chi connectivity index (χ4n) is 3.56. The summed E-state index contributed by atoms with van der Waals surface area (Å²) in [4.78, 5) is 26.7. The van der Waals surface area contributed by atoms with Crippen LogP contribution >= 0.6 is 0 Å². The quantitative estimate of drug-likeness (QED) is 0.473. The Balaban J connectivity index is 1.61. The molecule has 0 amide bonds. The summed E-state index contributed by atoms with van der Waals surface area (Å²) in [6.45, 7) is 2.60. The number of fused-ring (bicyclic) bond motifs is 3. The maximum atomic E-state index is 13.3. The van der Waals surface area contributed by atoms with E-state index in [2.05, 4.69) is 30.5 Å². The first-order valence-corrected chi connectivity index (χ1v) is 9.67. The second-order valence-electron chi connectivity index (χ2n) is 7.01. The maximum Gasteiger partial charge on any atom is 0.267 e. The van der Waals surface area contributed by atoms with Crippen molar-refractivity contribution in [2.45, 2.75) is 13.3 Å². The predicted octanol–water partition coefficient (Wildman–Crippen LogP) is 3.02. The molecular weight excluding hydrogens is 378 g/mol. The molecule has 4 heterocycles. The molecule has 148 valence electrons. The lowest BCUT2D eigenvalue weighted by atomic mass is 10.1. The Kier molecular flexibility index (Phi) is 4.44. The van der Waals surface area contributed by atoms with E-state index >= 15 is 0 Å². The third-order valence-corrected chi connectivity index (χ3v) is 5.07. The summed E-state index contributed by atoms with van der Waals surface area (Å²) in [6.07, 6.45) is 5.79. The van der Waals surface area contributed by atoms with Crippen molar-refractivity contribution >= 4 is 27.9 Å². The Morgan fingerprint density at radius 1 is 1.03 bits per heavy atom. The first kappa shape index (κ1) is 18.0. The lowest BCUT2D eigenvalue weighted by Gasteiger charge is -2.13. The highest BCUT2D eigenvalue weighted by molar-refractivity contribution is 6.02. The zero-order valence-corrected chi connectivity index (χ0v) is 16.3. The van der Waals surface area contributed by atoms with Crippen molar-refractivity contribution in [3.05, 3.63) is 82.7 Å². The number of aryl methyl sites for hydroxylation is 1. The standard InChI is InChI=1S/C22H19N7O/c1-14-6-2-3-8-18(14)29-20-16(19-17(21(29)30)13-26-28-19)12-25-22(27-20)24-11-9-15-7-4-5-10-23-15/h2-8,10,12-13H,9,11H2,1H3,(H,26,28)(H,24,25,27). The normalized spacial score (nSPS) is 11.2. The zero-order chi connectivity index (χ0) is 20.5. The largest absolute Gasteiger partial charge is 0.354 e. The molecule has 5 rings (SSSR count). The predicted molar refractivity (Wildman–Crippen MR) is 116 cm³/mol. The van der Waals surface area contributed by atoms with E-state index in [1.54, 1.807) is 23.2 Å². The van der Waals surface area contributed by atoms with Gasteiger partial charge >= 0.3 is 0 Å². The Hall–Kier alpha value is -4.07. The van der Waals surface area contributed by atoms with Gasteiger partial charge < -0.3 is 5.32 Å². The number of hydrogen-bond acceptors (Lipinski definition) is 6. The van der Waals surface area contributed by atoms with Crippen molar-refractivity contribution < 1.29 is 0 Å². The van der Waals surface area contributed by atoms with Gasteiger partial charge in [0.2, 0.25) is 5.95 Å². The molecule has 8 heteroatoms. The van der Waals surface area contributed by atoms with Gasteiger partial charge in [0, 0.05) is 31.1 Å². The number of H-pyrrole nitrogens is 1. The summed E-state index contributed by atoms with van der Waals surface area (Å²) in [5.74, 6) is 0.457. The minimum absolute atomic E-state index is 0.168. The molecule has 0 saturated heterocycles. The SMILES string of the molecule is Cc1ccccc1-n1c(=O)c2cn[nH]c2c2cnc(NCCc3ccccn3)nc21. The minimum Gasteiger partial charge on any atom is -0.354 e. The molecule has 0 fully saturated rings. The van der Waals surface area contributed by atoms with Crippen LogP contribution in [0.15, 0.2) is 65.8 Å². The van der Waals surface area contributed by atoms with E-state index in [-0.39, 0.29) is 5.56 Å². The van der Waals surface area contributed by atoms with Crippen LogP contribution in [-0.4, -0.2) is 36.3 Å². The Labute approximate surface area is 171 Å². The average molecular weight is 397 g/mol. The summed E-state index contributed by atoms with van der Waals surface area (Å²) in [7, 11) is 0. The van der Waals surface area contributed by atoms with Gasteiger partial charge in [-0.2, -0.15) is 10.1 Å². The lowest BCUT2D eigenvalue weighted by Crippen LogP contribution is -2.21. The molecule has 0 unspecified atom stereocenters.